The summed E-state index contributed by atoms with van der Waals surface area (Å²) in [4.78, 5) is 24.0. The molecule has 0 saturated carbocycles. The minimum absolute atomic E-state index is 0.0843. The van der Waals surface area contributed by atoms with E-state index in [0.717, 1.165) is 5.56 Å². The summed E-state index contributed by atoms with van der Waals surface area (Å²) in [6.45, 7) is 12.2. The van der Waals surface area contributed by atoms with Gasteiger partial charge >= 0.3 is 6.16 Å². The summed E-state index contributed by atoms with van der Waals surface area (Å²) in [5.41, 5.74) is 0.871. The third kappa shape index (κ3) is 6.72. The Balaban J connectivity index is 1.67. The maximum atomic E-state index is 12.3. The first-order chi connectivity index (χ1) is 13.1. The SMILES string of the molecule is CC(C)(C)[Si](C)(C)OCC1CC(C(=O)COC(=O)OCc2ccccc2)CN1. The number of rotatable bonds is 8. The van der Waals surface area contributed by atoms with Crippen molar-refractivity contribution < 1.29 is 23.5 Å². The molecular formula is C21H33NO5Si. The first-order valence-electron chi connectivity index (χ1n) is 9.82. The Hall–Kier alpha value is -1.70. The lowest BCUT2D eigenvalue weighted by molar-refractivity contribution is -0.126. The molecule has 28 heavy (non-hydrogen) atoms. The lowest BCUT2D eigenvalue weighted by atomic mass is 10.0. The van der Waals surface area contributed by atoms with Crippen LogP contribution in [0.2, 0.25) is 18.1 Å². The molecule has 1 fully saturated rings. The van der Waals surface area contributed by atoms with Gasteiger partial charge in [0.2, 0.25) is 0 Å². The Bertz CT molecular complexity index is 657. The van der Waals surface area contributed by atoms with E-state index in [1.54, 1.807) is 0 Å². The van der Waals surface area contributed by atoms with Crippen LogP contribution < -0.4 is 5.32 Å². The summed E-state index contributed by atoms with van der Waals surface area (Å²) in [6, 6.07) is 9.50. The minimum atomic E-state index is -1.80. The Morgan fingerprint density at radius 1 is 1.14 bits per heavy atom. The number of nitrogens with one attached hydrogen (secondary N) is 1. The fourth-order valence-electron chi connectivity index (χ4n) is 2.72. The molecule has 1 saturated heterocycles. The number of carbonyl (C=O) groups excluding carboxylic acids is 2. The fourth-order valence-corrected chi connectivity index (χ4v) is 3.77. The van der Waals surface area contributed by atoms with Gasteiger partial charge in [-0.2, -0.15) is 0 Å². The van der Waals surface area contributed by atoms with E-state index in [1.165, 1.54) is 0 Å². The van der Waals surface area contributed by atoms with Crippen molar-refractivity contribution >= 4 is 20.3 Å². The molecule has 6 nitrogen and oxygen atoms in total. The first-order valence-corrected chi connectivity index (χ1v) is 12.7. The highest BCUT2D eigenvalue weighted by Crippen LogP contribution is 2.36. The molecule has 1 aliphatic heterocycles. The number of hydrogen-bond donors (Lipinski definition) is 1. The van der Waals surface area contributed by atoms with Gasteiger partial charge in [0.05, 0.1) is 0 Å². The van der Waals surface area contributed by atoms with Gasteiger partial charge in [0, 0.05) is 25.1 Å². The number of Topliss-reactive ketones (excluding diaryl/α,β-unsaturated/α-hetero) is 1. The highest BCUT2D eigenvalue weighted by atomic mass is 28.4. The molecule has 2 atom stereocenters. The monoisotopic (exact) mass is 407 g/mol. The zero-order valence-corrected chi connectivity index (χ0v) is 18.6. The van der Waals surface area contributed by atoms with E-state index in [0.29, 0.717) is 19.6 Å². The van der Waals surface area contributed by atoms with Crippen molar-refractivity contribution in [2.45, 2.75) is 58.0 Å². The Kier molecular flexibility index (Phi) is 7.80. The first kappa shape index (κ1) is 22.6. The second-order valence-corrected chi connectivity index (χ2v) is 13.7. The molecule has 0 aromatic heterocycles. The fraction of sp³-hybridized carbons (Fsp3) is 0.619. The van der Waals surface area contributed by atoms with Crippen molar-refractivity contribution in [2.24, 2.45) is 5.92 Å². The summed E-state index contributed by atoms with van der Waals surface area (Å²) in [5, 5.41) is 3.51. The van der Waals surface area contributed by atoms with Crippen LogP contribution in [0.5, 0.6) is 0 Å². The predicted molar refractivity (Wildman–Crippen MR) is 111 cm³/mol. The standard InChI is InChI=1S/C21H33NO5Si/c1-21(2,3)28(4,5)27-14-18-11-17(12-22-18)19(23)15-26-20(24)25-13-16-9-7-6-8-10-16/h6-10,17-18,22H,11-15H2,1-5H3. The highest BCUT2D eigenvalue weighted by Gasteiger charge is 2.38. The average molecular weight is 408 g/mol. The molecule has 0 spiro atoms. The van der Waals surface area contributed by atoms with E-state index in [4.69, 9.17) is 13.9 Å². The zero-order valence-electron chi connectivity index (χ0n) is 17.6. The molecule has 1 aliphatic rings. The van der Waals surface area contributed by atoms with E-state index >= 15 is 0 Å². The molecule has 156 valence electrons. The van der Waals surface area contributed by atoms with Crippen LogP contribution >= 0.6 is 0 Å². The number of benzene rings is 1. The van der Waals surface area contributed by atoms with E-state index in [-0.39, 0.29) is 36.0 Å². The zero-order chi connectivity index (χ0) is 20.8. The van der Waals surface area contributed by atoms with Gasteiger partial charge in [0.1, 0.15) is 6.61 Å². The van der Waals surface area contributed by atoms with Crippen LogP contribution in [0, 0.1) is 5.92 Å². The van der Waals surface area contributed by atoms with Gasteiger partial charge in [0.15, 0.2) is 20.7 Å². The molecule has 0 aliphatic carbocycles. The topological polar surface area (TPSA) is 73.9 Å². The number of hydrogen-bond acceptors (Lipinski definition) is 6. The third-order valence-electron chi connectivity index (χ3n) is 5.66. The Morgan fingerprint density at radius 3 is 2.46 bits per heavy atom. The Labute approximate surface area is 169 Å². The molecule has 0 amide bonds. The molecular weight excluding hydrogens is 374 g/mol. The molecule has 2 unspecified atom stereocenters. The van der Waals surface area contributed by atoms with E-state index in [1.807, 2.05) is 30.3 Å². The predicted octanol–water partition coefficient (Wildman–Crippen LogP) is 3.91. The summed E-state index contributed by atoms with van der Waals surface area (Å²) < 4.78 is 16.2. The lowest BCUT2D eigenvalue weighted by Crippen LogP contribution is -2.43. The number of carbonyl (C=O) groups is 2. The Morgan fingerprint density at radius 2 is 1.82 bits per heavy atom. The maximum Gasteiger partial charge on any atom is 0.509 e. The molecule has 1 aromatic carbocycles. The van der Waals surface area contributed by atoms with Crippen LogP contribution in [0.25, 0.3) is 0 Å². The van der Waals surface area contributed by atoms with Crippen molar-refractivity contribution in [3.8, 4) is 0 Å². The molecule has 2 rings (SSSR count). The summed E-state index contributed by atoms with van der Waals surface area (Å²) in [5.74, 6) is -0.242. The van der Waals surface area contributed by atoms with Crippen LogP contribution in [0.3, 0.4) is 0 Å². The maximum absolute atomic E-state index is 12.3. The van der Waals surface area contributed by atoms with E-state index in [2.05, 4.69) is 39.2 Å². The smallest absolute Gasteiger partial charge is 0.429 e. The summed E-state index contributed by atoms with van der Waals surface area (Å²) >= 11 is 0. The van der Waals surface area contributed by atoms with Crippen LogP contribution in [-0.4, -0.2) is 46.1 Å². The van der Waals surface area contributed by atoms with Gasteiger partial charge in [-0.3, -0.25) is 4.79 Å². The molecule has 0 bridgehead atoms. The quantitative estimate of drug-likeness (QED) is 0.520. The molecule has 0 radical (unpaired) electrons. The largest absolute Gasteiger partial charge is 0.509 e. The van der Waals surface area contributed by atoms with E-state index < -0.39 is 14.5 Å². The third-order valence-corrected chi connectivity index (χ3v) is 10.2. The van der Waals surface area contributed by atoms with Gasteiger partial charge in [-0.25, -0.2) is 4.79 Å². The number of ketones is 1. The average Bonchev–Trinajstić information content (AvgIpc) is 3.12. The van der Waals surface area contributed by atoms with Gasteiger partial charge in [-0.15, -0.1) is 0 Å². The van der Waals surface area contributed by atoms with Crippen LogP contribution in [-0.2, 0) is 25.3 Å². The van der Waals surface area contributed by atoms with Crippen LogP contribution in [0.15, 0.2) is 30.3 Å². The molecule has 7 heteroatoms. The van der Waals surface area contributed by atoms with Gasteiger partial charge < -0.3 is 19.2 Å². The number of ether oxygens (including phenoxy) is 2. The van der Waals surface area contributed by atoms with Crippen molar-refractivity contribution in [2.75, 3.05) is 19.8 Å². The van der Waals surface area contributed by atoms with E-state index in [9.17, 15) is 9.59 Å². The van der Waals surface area contributed by atoms with Crippen LogP contribution in [0.1, 0.15) is 32.8 Å². The summed E-state index contributed by atoms with van der Waals surface area (Å²) in [7, 11) is -1.80. The second kappa shape index (κ2) is 9.67. The van der Waals surface area contributed by atoms with Crippen LogP contribution in [0.4, 0.5) is 4.79 Å². The lowest BCUT2D eigenvalue weighted by Gasteiger charge is -2.37. The molecule has 1 aromatic rings. The second-order valence-electron chi connectivity index (χ2n) is 8.89. The van der Waals surface area contributed by atoms with Crippen molar-refractivity contribution in [1.82, 2.24) is 5.32 Å². The van der Waals surface area contributed by atoms with Crippen molar-refractivity contribution in [1.29, 1.82) is 0 Å². The highest BCUT2D eigenvalue weighted by molar-refractivity contribution is 6.74. The summed E-state index contributed by atoms with van der Waals surface area (Å²) in [6.07, 6.45) is -0.114. The molecule has 1 heterocycles. The molecule has 1 N–H and O–H groups in total. The van der Waals surface area contributed by atoms with Gasteiger partial charge in [0.25, 0.3) is 0 Å². The van der Waals surface area contributed by atoms with Gasteiger partial charge in [-0.05, 0) is 30.1 Å². The minimum Gasteiger partial charge on any atom is -0.429 e. The normalized spacial score (nSPS) is 20.0. The van der Waals surface area contributed by atoms with Gasteiger partial charge in [-0.1, -0.05) is 51.1 Å². The van der Waals surface area contributed by atoms with Crippen molar-refractivity contribution in [3.05, 3.63) is 35.9 Å². The van der Waals surface area contributed by atoms with Crippen molar-refractivity contribution in [3.63, 3.8) is 0 Å².